The van der Waals surface area contributed by atoms with Gasteiger partial charge in [-0.15, -0.1) is 0 Å². The Balaban J connectivity index is 1.66. The summed E-state index contributed by atoms with van der Waals surface area (Å²) in [6.07, 6.45) is 1.79. The molecule has 0 aromatic carbocycles. The van der Waals surface area contributed by atoms with Crippen molar-refractivity contribution >= 4 is 17.4 Å². The van der Waals surface area contributed by atoms with Gasteiger partial charge in [0, 0.05) is 44.5 Å². The second-order valence-corrected chi connectivity index (χ2v) is 6.15. The third-order valence-electron chi connectivity index (χ3n) is 4.16. The molecule has 23 heavy (non-hydrogen) atoms. The van der Waals surface area contributed by atoms with Gasteiger partial charge in [-0.05, 0) is 25.1 Å². The van der Waals surface area contributed by atoms with Gasteiger partial charge in [-0.3, -0.25) is 4.90 Å². The van der Waals surface area contributed by atoms with Crippen molar-refractivity contribution in [3.05, 3.63) is 47.2 Å². The number of aromatic nitrogens is 2. The third kappa shape index (κ3) is 3.74. The zero-order chi connectivity index (χ0) is 16.2. The number of halogens is 1. The number of nitrogens with zero attached hydrogens (tertiary/aromatic N) is 4. The first-order valence-corrected chi connectivity index (χ1v) is 8.14. The van der Waals surface area contributed by atoms with Gasteiger partial charge in [-0.25, -0.2) is 9.97 Å². The van der Waals surface area contributed by atoms with Gasteiger partial charge in [-0.1, -0.05) is 17.7 Å². The topological polar surface area (TPSA) is 41.5 Å². The summed E-state index contributed by atoms with van der Waals surface area (Å²) >= 11 is 6.26. The molecule has 2 aromatic heterocycles. The van der Waals surface area contributed by atoms with Crippen molar-refractivity contribution in [2.45, 2.75) is 19.5 Å². The molecule has 1 unspecified atom stereocenters. The van der Waals surface area contributed by atoms with E-state index in [1.165, 1.54) is 0 Å². The quantitative estimate of drug-likeness (QED) is 0.861. The van der Waals surface area contributed by atoms with E-state index in [2.05, 4.69) is 26.7 Å². The Bertz CT molecular complexity index is 667. The number of piperazine rings is 1. The molecular formula is C17H21ClN4O. The van der Waals surface area contributed by atoms with Gasteiger partial charge in [0.05, 0.1) is 17.8 Å². The van der Waals surface area contributed by atoms with E-state index in [9.17, 15) is 0 Å². The molecule has 0 radical (unpaired) electrons. The molecule has 1 aliphatic rings. The van der Waals surface area contributed by atoms with Gasteiger partial charge < -0.3 is 9.64 Å². The lowest BCUT2D eigenvalue weighted by atomic mass is 10.1. The molecule has 0 amide bonds. The summed E-state index contributed by atoms with van der Waals surface area (Å²) in [6.45, 7) is 5.81. The van der Waals surface area contributed by atoms with E-state index in [0.29, 0.717) is 16.9 Å². The average molecular weight is 333 g/mol. The SMILES string of the molecule is COc1cccc(CN2CCN(c3ncccc3Cl)CC2C)n1. The summed E-state index contributed by atoms with van der Waals surface area (Å²) < 4.78 is 5.20. The van der Waals surface area contributed by atoms with Crippen molar-refractivity contribution in [3.63, 3.8) is 0 Å². The van der Waals surface area contributed by atoms with E-state index >= 15 is 0 Å². The molecule has 0 spiro atoms. The zero-order valence-corrected chi connectivity index (χ0v) is 14.2. The predicted molar refractivity (Wildman–Crippen MR) is 92.1 cm³/mol. The summed E-state index contributed by atoms with van der Waals surface area (Å²) in [5.74, 6) is 1.54. The van der Waals surface area contributed by atoms with Gasteiger partial charge in [0.2, 0.25) is 5.88 Å². The fourth-order valence-electron chi connectivity index (χ4n) is 2.90. The van der Waals surface area contributed by atoms with E-state index in [4.69, 9.17) is 16.3 Å². The maximum absolute atomic E-state index is 6.26. The summed E-state index contributed by atoms with van der Waals surface area (Å²) in [5.41, 5.74) is 1.03. The third-order valence-corrected chi connectivity index (χ3v) is 4.45. The van der Waals surface area contributed by atoms with E-state index in [-0.39, 0.29) is 0 Å². The summed E-state index contributed by atoms with van der Waals surface area (Å²) in [6, 6.07) is 10.0. The molecule has 6 heteroatoms. The van der Waals surface area contributed by atoms with Crippen LogP contribution in [-0.4, -0.2) is 47.7 Å². The van der Waals surface area contributed by atoms with Gasteiger partial charge in [-0.2, -0.15) is 0 Å². The largest absolute Gasteiger partial charge is 0.481 e. The molecule has 3 heterocycles. The molecule has 0 bridgehead atoms. The molecule has 0 N–H and O–H groups in total. The lowest BCUT2D eigenvalue weighted by Gasteiger charge is -2.40. The minimum atomic E-state index is 0.398. The minimum Gasteiger partial charge on any atom is -0.481 e. The number of hydrogen-bond donors (Lipinski definition) is 0. The van der Waals surface area contributed by atoms with Crippen LogP contribution in [0.4, 0.5) is 5.82 Å². The molecule has 1 fully saturated rings. The monoisotopic (exact) mass is 332 g/mol. The first-order valence-electron chi connectivity index (χ1n) is 7.77. The summed E-state index contributed by atoms with van der Waals surface area (Å²) in [7, 11) is 1.64. The molecule has 1 aliphatic heterocycles. The highest BCUT2D eigenvalue weighted by Crippen LogP contribution is 2.25. The standard InChI is InChI=1S/C17H21ClN4O/c1-13-11-22(17-15(18)6-4-8-19-17)10-9-21(13)12-14-5-3-7-16(20-14)23-2/h3-8,13H,9-12H2,1-2H3. The van der Waals surface area contributed by atoms with E-state index in [0.717, 1.165) is 37.7 Å². The smallest absolute Gasteiger partial charge is 0.213 e. The van der Waals surface area contributed by atoms with Crippen molar-refractivity contribution < 1.29 is 4.74 Å². The van der Waals surface area contributed by atoms with Crippen LogP contribution in [0.2, 0.25) is 5.02 Å². The predicted octanol–water partition coefficient (Wildman–Crippen LogP) is 2.85. The maximum atomic E-state index is 6.26. The van der Waals surface area contributed by atoms with Gasteiger partial charge in [0.25, 0.3) is 0 Å². The molecule has 1 atom stereocenters. The molecule has 0 saturated carbocycles. The highest BCUT2D eigenvalue weighted by molar-refractivity contribution is 6.32. The first kappa shape index (κ1) is 16.0. The summed E-state index contributed by atoms with van der Waals surface area (Å²) in [5, 5.41) is 0.711. The van der Waals surface area contributed by atoms with Crippen molar-refractivity contribution in [1.82, 2.24) is 14.9 Å². The Labute approximate surface area is 141 Å². The van der Waals surface area contributed by atoms with Crippen LogP contribution in [-0.2, 0) is 6.54 Å². The molecule has 2 aromatic rings. The van der Waals surface area contributed by atoms with Crippen LogP contribution in [0.15, 0.2) is 36.5 Å². The first-order chi connectivity index (χ1) is 11.2. The molecule has 5 nitrogen and oxygen atoms in total. The fraction of sp³-hybridized carbons (Fsp3) is 0.412. The molecule has 122 valence electrons. The van der Waals surface area contributed by atoms with Crippen LogP contribution < -0.4 is 9.64 Å². The lowest BCUT2D eigenvalue weighted by Crippen LogP contribution is -2.51. The number of ether oxygens (including phenoxy) is 1. The van der Waals surface area contributed by atoms with E-state index in [1.807, 2.05) is 30.3 Å². The van der Waals surface area contributed by atoms with Gasteiger partial charge in [0.15, 0.2) is 0 Å². The molecule has 1 saturated heterocycles. The molecule has 3 rings (SSSR count). The number of hydrogen-bond acceptors (Lipinski definition) is 5. The minimum absolute atomic E-state index is 0.398. The Morgan fingerprint density at radius 3 is 2.87 bits per heavy atom. The summed E-state index contributed by atoms with van der Waals surface area (Å²) in [4.78, 5) is 13.6. The van der Waals surface area contributed by atoms with Gasteiger partial charge >= 0.3 is 0 Å². The van der Waals surface area contributed by atoms with Crippen LogP contribution in [0.5, 0.6) is 5.88 Å². The van der Waals surface area contributed by atoms with Crippen LogP contribution in [0.1, 0.15) is 12.6 Å². The van der Waals surface area contributed by atoms with Crippen molar-refractivity contribution in [1.29, 1.82) is 0 Å². The van der Waals surface area contributed by atoms with E-state index < -0.39 is 0 Å². The number of methoxy groups -OCH3 is 1. The second kappa shape index (κ2) is 7.15. The Morgan fingerprint density at radius 1 is 1.26 bits per heavy atom. The van der Waals surface area contributed by atoms with E-state index in [1.54, 1.807) is 13.3 Å². The van der Waals surface area contributed by atoms with Gasteiger partial charge in [0.1, 0.15) is 5.82 Å². The average Bonchev–Trinajstić information content (AvgIpc) is 2.57. The van der Waals surface area contributed by atoms with Crippen molar-refractivity contribution in [2.75, 3.05) is 31.6 Å². The number of anilines is 1. The Morgan fingerprint density at radius 2 is 2.13 bits per heavy atom. The van der Waals surface area contributed by atoms with Crippen LogP contribution in [0, 0.1) is 0 Å². The Kier molecular flexibility index (Phi) is 4.98. The Hall–Kier alpha value is -1.85. The molecular weight excluding hydrogens is 312 g/mol. The number of rotatable bonds is 4. The zero-order valence-electron chi connectivity index (χ0n) is 13.4. The van der Waals surface area contributed by atoms with Crippen molar-refractivity contribution in [3.8, 4) is 5.88 Å². The highest BCUT2D eigenvalue weighted by Gasteiger charge is 2.25. The molecule has 0 aliphatic carbocycles. The number of pyridine rings is 2. The second-order valence-electron chi connectivity index (χ2n) is 5.75. The van der Waals surface area contributed by atoms with Crippen LogP contribution in [0.25, 0.3) is 0 Å². The van der Waals surface area contributed by atoms with Crippen molar-refractivity contribution in [2.24, 2.45) is 0 Å². The normalized spacial score (nSPS) is 18.9. The van der Waals surface area contributed by atoms with Crippen LogP contribution >= 0.6 is 11.6 Å². The highest BCUT2D eigenvalue weighted by atomic mass is 35.5. The maximum Gasteiger partial charge on any atom is 0.213 e. The van der Waals surface area contributed by atoms with Crippen LogP contribution in [0.3, 0.4) is 0 Å². The fourth-order valence-corrected chi connectivity index (χ4v) is 3.14. The lowest BCUT2D eigenvalue weighted by molar-refractivity contribution is 0.178.